The predicted octanol–water partition coefficient (Wildman–Crippen LogP) is 0.0680. The van der Waals surface area contributed by atoms with Crippen LogP contribution in [0.1, 0.15) is 29.2 Å². The molecule has 1 aromatic heterocycles. The summed E-state index contributed by atoms with van der Waals surface area (Å²) < 4.78 is 5.08. The molecule has 0 atom stereocenters. The predicted molar refractivity (Wildman–Crippen MR) is 49.7 cm³/mol. The summed E-state index contributed by atoms with van der Waals surface area (Å²) in [7, 11) is 0. The van der Waals surface area contributed by atoms with Gasteiger partial charge in [0, 0.05) is 19.0 Å². The van der Waals surface area contributed by atoms with Crippen molar-refractivity contribution in [3.63, 3.8) is 0 Å². The fraction of sp³-hybridized carbons (Fsp3) is 0.556. The Morgan fingerprint density at radius 3 is 3.14 bits per heavy atom. The van der Waals surface area contributed by atoms with Gasteiger partial charge in [0.25, 0.3) is 5.91 Å². The minimum atomic E-state index is -0.153. The minimum Gasteiger partial charge on any atom is -0.448 e. The highest BCUT2D eigenvalue weighted by atomic mass is 16.3. The molecular formula is C9H13N3O2. The molecule has 1 fully saturated rings. The molecule has 0 saturated heterocycles. The highest BCUT2D eigenvalue weighted by molar-refractivity contribution is 5.92. The van der Waals surface area contributed by atoms with Crippen LogP contribution in [-0.4, -0.2) is 23.5 Å². The summed E-state index contributed by atoms with van der Waals surface area (Å²) in [5, 5.41) is 2.83. The number of hydrogen-bond donors (Lipinski definition) is 2. The largest absolute Gasteiger partial charge is 0.448 e. The highest BCUT2D eigenvalue weighted by Gasteiger charge is 2.25. The lowest BCUT2D eigenvalue weighted by atomic mass is 10.4. The van der Waals surface area contributed by atoms with Crippen molar-refractivity contribution in [1.29, 1.82) is 0 Å². The molecule has 1 heterocycles. The van der Waals surface area contributed by atoms with Crippen LogP contribution < -0.4 is 11.1 Å². The van der Waals surface area contributed by atoms with Crippen molar-refractivity contribution in [1.82, 2.24) is 10.3 Å². The van der Waals surface area contributed by atoms with Gasteiger partial charge in [-0.25, -0.2) is 4.98 Å². The molecule has 2 rings (SSSR count). The third-order valence-corrected chi connectivity index (χ3v) is 2.06. The second kappa shape index (κ2) is 3.79. The quantitative estimate of drug-likeness (QED) is 0.712. The van der Waals surface area contributed by atoms with Crippen LogP contribution in [-0.2, 0) is 6.42 Å². The molecule has 0 radical (unpaired) electrons. The smallest absolute Gasteiger partial charge is 0.273 e. The summed E-state index contributed by atoms with van der Waals surface area (Å²) >= 11 is 0. The zero-order valence-electron chi connectivity index (χ0n) is 7.82. The van der Waals surface area contributed by atoms with Gasteiger partial charge in [0.05, 0.1) is 0 Å². The van der Waals surface area contributed by atoms with Crippen molar-refractivity contribution in [2.24, 2.45) is 5.73 Å². The maximum atomic E-state index is 11.4. The molecule has 0 unspecified atom stereocenters. The van der Waals surface area contributed by atoms with E-state index in [0.717, 1.165) is 12.8 Å². The van der Waals surface area contributed by atoms with Crippen molar-refractivity contribution in [2.75, 3.05) is 6.54 Å². The van der Waals surface area contributed by atoms with E-state index in [9.17, 15) is 4.79 Å². The van der Waals surface area contributed by atoms with Crippen LogP contribution in [0.2, 0.25) is 0 Å². The lowest BCUT2D eigenvalue weighted by Crippen LogP contribution is -2.25. The first-order chi connectivity index (χ1) is 6.79. The average Bonchev–Trinajstić information content (AvgIpc) is 2.83. The molecule has 0 aliphatic heterocycles. The maximum absolute atomic E-state index is 11.4. The number of amides is 1. The van der Waals surface area contributed by atoms with E-state index >= 15 is 0 Å². The van der Waals surface area contributed by atoms with Gasteiger partial charge >= 0.3 is 0 Å². The Morgan fingerprint density at radius 1 is 1.71 bits per heavy atom. The molecule has 1 aliphatic carbocycles. The Kier molecular flexibility index (Phi) is 2.49. The van der Waals surface area contributed by atoms with Gasteiger partial charge in [0.2, 0.25) is 0 Å². The number of nitrogens with zero attached hydrogens (tertiary/aromatic N) is 1. The highest BCUT2D eigenvalue weighted by Crippen LogP contribution is 2.19. The molecule has 5 heteroatoms. The van der Waals surface area contributed by atoms with E-state index in [1.54, 1.807) is 0 Å². The van der Waals surface area contributed by atoms with E-state index in [-0.39, 0.29) is 5.91 Å². The van der Waals surface area contributed by atoms with Gasteiger partial charge in [0.15, 0.2) is 11.6 Å². The van der Waals surface area contributed by atoms with Gasteiger partial charge in [-0.3, -0.25) is 4.79 Å². The third kappa shape index (κ3) is 2.11. The number of hydrogen-bond acceptors (Lipinski definition) is 4. The zero-order chi connectivity index (χ0) is 9.97. The molecule has 1 aromatic rings. The normalized spacial score (nSPS) is 15.5. The van der Waals surface area contributed by atoms with E-state index in [1.807, 2.05) is 0 Å². The molecule has 1 amide bonds. The van der Waals surface area contributed by atoms with Crippen molar-refractivity contribution >= 4 is 5.91 Å². The third-order valence-electron chi connectivity index (χ3n) is 2.06. The second-order valence-electron chi connectivity index (χ2n) is 3.41. The first-order valence-corrected chi connectivity index (χ1v) is 4.75. The van der Waals surface area contributed by atoms with Gasteiger partial charge < -0.3 is 15.5 Å². The Labute approximate surface area is 81.7 Å². The van der Waals surface area contributed by atoms with Gasteiger partial charge in [-0.1, -0.05) is 0 Å². The second-order valence-corrected chi connectivity index (χ2v) is 3.41. The maximum Gasteiger partial charge on any atom is 0.273 e. The van der Waals surface area contributed by atoms with Crippen LogP contribution in [0.4, 0.5) is 0 Å². The summed E-state index contributed by atoms with van der Waals surface area (Å²) in [4.78, 5) is 15.5. The van der Waals surface area contributed by atoms with Crippen molar-refractivity contribution in [3.8, 4) is 0 Å². The number of nitrogens with one attached hydrogen (secondary N) is 1. The van der Waals surface area contributed by atoms with E-state index in [2.05, 4.69) is 10.3 Å². The molecule has 0 spiro atoms. The number of rotatable bonds is 4. The SMILES string of the molecule is NCCc1nc(C(=O)NC2CC2)co1. The Hall–Kier alpha value is -1.36. The van der Waals surface area contributed by atoms with E-state index in [0.29, 0.717) is 30.6 Å². The summed E-state index contributed by atoms with van der Waals surface area (Å²) in [6.45, 7) is 0.476. The summed E-state index contributed by atoms with van der Waals surface area (Å²) in [5.41, 5.74) is 5.68. The van der Waals surface area contributed by atoms with Crippen LogP contribution in [0.3, 0.4) is 0 Å². The van der Waals surface area contributed by atoms with Crippen LogP contribution in [0.5, 0.6) is 0 Å². The number of aromatic nitrogens is 1. The number of carbonyl (C=O) groups excluding carboxylic acids is 1. The van der Waals surface area contributed by atoms with Crippen molar-refractivity contribution in [2.45, 2.75) is 25.3 Å². The molecule has 1 saturated carbocycles. The lowest BCUT2D eigenvalue weighted by molar-refractivity contribution is 0.0946. The zero-order valence-corrected chi connectivity index (χ0v) is 7.82. The molecule has 76 valence electrons. The Balaban J connectivity index is 1.96. The molecule has 3 N–H and O–H groups in total. The van der Waals surface area contributed by atoms with Gasteiger partial charge in [0.1, 0.15) is 6.26 Å². The van der Waals surface area contributed by atoms with Crippen molar-refractivity contribution < 1.29 is 9.21 Å². The molecule has 0 bridgehead atoms. The summed E-state index contributed by atoms with van der Waals surface area (Å²) in [6.07, 6.45) is 4.08. The Bertz CT molecular complexity index is 331. The monoisotopic (exact) mass is 195 g/mol. The standard InChI is InChI=1S/C9H13N3O2/c10-4-3-8-12-7(5-14-8)9(13)11-6-1-2-6/h5-6H,1-4,10H2,(H,11,13). The molecule has 14 heavy (non-hydrogen) atoms. The fourth-order valence-corrected chi connectivity index (χ4v) is 1.14. The molecule has 0 aromatic carbocycles. The number of nitrogens with two attached hydrogens (primary N) is 1. The summed E-state index contributed by atoms with van der Waals surface area (Å²) in [5.74, 6) is 0.368. The Morgan fingerprint density at radius 2 is 2.50 bits per heavy atom. The first-order valence-electron chi connectivity index (χ1n) is 4.75. The number of carbonyl (C=O) groups is 1. The van der Waals surface area contributed by atoms with Crippen LogP contribution in [0.25, 0.3) is 0 Å². The number of oxazole rings is 1. The van der Waals surface area contributed by atoms with Gasteiger partial charge in [-0.2, -0.15) is 0 Å². The van der Waals surface area contributed by atoms with Gasteiger partial charge in [-0.05, 0) is 12.8 Å². The molecule has 1 aliphatic rings. The van der Waals surface area contributed by atoms with E-state index in [4.69, 9.17) is 10.2 Å². The van der Waals surface area contributed by atoms with Crippen LogP contribution >= 0.6 is 0 Å². The van der Waals surface area contributed by atoms with E-state index < -0.39 is 0 Å². The fourth-order valence-electron chi connectivity index (χ4n) is 1.14. The average molecular weight is 195 g/mol. The lowest BCUT2D eigenvalue weighted by Gasteiger charge is -1.96. The minimum absolute atomic E-state index is 0.153. The summed E-state index contributed by atoms with van der Waals surface area (Å²) in [6, 6.07) is 0.345. The van der Waals surface area contributed by atoms with Gasteiger partial charge in [-0.15, -0.1) is 0 Å². The van der Waals surface area contributed by atoms with Crippen LogP contribution in [0, 0.1) is 0 Å². The molecular weight excluding hydrogens is 182 g/mol. The first kappa shape index (κ1) is 9.21. The molecule has 5 nitrogen and oxygen atoms in total. The topological polar surface area (TPSA) is 81.1 Å². The van der Waals surface area contributed by atoms with Crippen LogP contribution in [0.15, 0.2) is 10.7 Å². The van der Waals surface area contributed by atoms with Crippen molar-refractivity contribution in [3.05, 3.63) is 17.8 Å². The van der Waals surface area contributed by atoms with E-state index in [1.165, 1.54) is 6.26 Å².